The topological polar surface area (TPSA) is 20.2 Å². The van der Waals surface area contributed by atoms with Gasteiger partial charge in [-0.1, -0.05) is 54.6 Å². The molecule has 98 valence electrons. The molecule has 21 heavy (non-hydrogen) atoms. The molecule has 4 aromatic carbocycles. The molecule has 0 unspecified atom stereocenters. The molecule has 0 heterocycles. The Morgan fingerprint density at radius 2 is 1.52 bits per heavy atom. The van der Waals surface area contributed by atoms with Crippen LogP contribution in [0.1, 0.15) is 11.1 Å². The molecule has 1 nitrogen and oxygen atoms in total. The highest BCUT2D eigenvalue weighted by Crippen LogP contribution is 2.41. The molecule has 4 aromatic rings. The van der Waals surface area contributed by atoms with Crippen molar-refractivity contribution < 1.29 is 5.11 Å². The quantitative estimate of drug-likeness (QED) is 0.329. The van der Waals surface area contributed by atoms with Gasteiger partial charge in [0.05, 0.1) is 0 Å². The minimum Gasteiger partial charge on any atom is -0.507 e. The largest absolute Gasteiger partial charge is 0.507 e. The molecule has 1 aliphatic rings. The maximum Gasteiger partial charge on any atom is 0.124 e. The Balaban J connectivity index is 2.13. The smallest absolute Gasteiger partial charge is 0.124 e. The van der Waals surface area contributed by atoms with Crippen LogP contribution in [0.3, 0.4) is 0 Å². The van der Waals surface area contributed by atoms with Crippen molar-refractivity contribution in [3.05, 3.63) is 71.8 Å². The highest BCUT2D eigenvalue weighted by Gasteiger charge is 2.19. The number of aliphatic hydroxyl groups excluding tert-OH is 1. The Kier molecular flexibility index (Phi) is 1.90. The lowest BCUT2D eigenvalue weighted by Crippen LogP contribution is -1.87. The normalized spacial score (nSPS) is 13.2. The average Bonchev–Trinajstić information content (AvgIpc) is 2.86. The molecule has 0 spiro atoms. The van der Waals surface area contributed by atoms with Gasteiger partial charge in [-0.25, -0.2) is 0 Å². The first kappa shape index (κ1) is 10.9. The Bertz CT molecular complexity index is 1090. The molecular formula is C20H12O. The predicted octanol–water partition coefficient (Wildman–Crippen LogP) is 5.52. The van der Waals surface area contributed by atoms with Crippen LogP contribution in [0.25, 0.3) is 44.2 Å². The SMILES string of the molecule is OC1=Cc2cccc3cc4c(ccc5ccccc54)c1c23. The third-order valence-electron chi connectivity index (χ3n) is 4.47. The Hall–Kier alpha value is -2.80. The summed E-state index contributed by atoms with van der Waals surface area (Å²) in [5.74, 6) is 0.377. The van der Waals surface area contributed by atoms with E-state index in [1.54, 1.807) is 0 Å². The van der Waals surface area contributed by atoms with Crippen molar-refractivity contribution in [3.63, 3.8) is 0 Å². The van der Waals surface area contributed by atoms with Gasteiger partial charge in [-0.3, -0.25) is 0 Å². The van der Waals surface area contributed by atoms with Gasteiger partial charge >= 0.3 is 0 Å². The zero-order valence-corrected chi connectivity index (χ0v) is 11.3. The second kappa shape index (κ2) is 3.64. The van der Waals surface area contributed by atoms with E-state index in [4.69, 9.17) is 0 Å². The molecule has 0 saturated carbocycles. The molecule has 1 N–H and O–H groups in total. The molecule has 0 aliphatic heterocycles. The standard InChI is InChI=1S/C20H12O/c21-18-11-14-6-3-5-13-10-17-15-7-2-1-4-12(15)8-9-16(17)20(18)19(13)14/h1-11,21H. The van der Waals surface area contributed by atoms with Crippen LogP contribution in [0.5, 0.6) is 0 Å². The molecule has 0 radical (unpaired) electrons. The van der Waals surface area contributed by atoms with Gasteiger partial charge in [-0.2, -0.15) is 0 Å². The number of hydrogen-bond donors (Lipinski definition) is 1. The molecule has 5 rings (SSSR count). The first-order valence-corrected chi connectivity index (χ1v) is 7.11. The molecule has 0 bridgehead atoms. The monoisotopic (exact) mass is 268 g/mol. The fraction of sp³-hybridized carbons (Fsp3) is 0. The summed E-state index contributed by atoms with van der Waals surface area (Å²) in [5.41, 5.74) is 2.08. The summed E-state index contributed by atoms with van der Waals surface area (Å²) < 4.78 is 0. The summed E-state index contributed by atoms with van der Waals surface area (Å²) in [7, 11) is 0. The van der Waals surface area contributed by atoms with Crippen LogP contribution in [0.15, 0.2) is 60.7 Å². The van der Waals surface area contributed by atoms with Crippen molar-refractivity contribution >= 4 is 44.2 Å². The molecule has 0 aromatic heterocycles. The van der Waals surface area contributed by atoms with E-state index in [-0.39, 0.29) is 0 Å². The van der Waals surface area contributed by atoms with E-state index in [9.17, 15) is 5.11 Å². The van der Waals surface area contributed by atoms with E-state index < -0.39 is 0 Å². The van der Waals surface area contributed by atoms with E-state index in [1.807, 2.05) is 12.1 Å². The molecule has 0 fully saturated rings. The third kappa shape index (κ3) is 1.30. The molecule has 1 aliphatic carbocycles. The molecule has 0 amide bonds. The third-order valence-corrected chi connectivity index (χ3v) is 4.47. The highest BCUT2D eigenvalue weighted by molar-refractivity contribution is 6.21. The van der Waals surface area contributed by atoms with Crippen LogP contribution in [0.4, 0.5) is 0 Å². The first-order chi connectivity index (χ1) is 10.3. The van der Waals surface area contributed by atoms with Crippen LogP contribution in [0.2, 0.25) is 0 Å². The second-order valence-corrected chi connectivity index (χ2v) is 5.61. The number of rotatable bonds is 0. The number of benzene rings is 4. The predicted molar refractivity (Wildman–Crippen MR) is 89.5 cm³/mol. The lowest BCUT2D eigenvalue weighted by atomic mass is 9.93. The Labute approximate surface area is 121 Å². The van der Waals surface area contributed by atoms with Gasteiger partial charge in [0.1, 0.15) is 5.76 Å². The average molecular weight is 268 g/mol. The maximum atomic E-state index is 10.4. The van der Waals surface area contributed by atoms with E-state index in [1.165, 1.54) is 21.5 Å². The first-order valence-electron chi connectivity index (χ1n) is 7.11. The molecule has 0 atom stereocenters. The van der Waals surface area contributed by atoms with E-state index in [2.05, 4.69) is 54.6 Å². The van der Waals surface area contributed by atoms with Gasteiger partial charge < -0.3 is 5.11 Å². The van der Waals surface area contributed by atoms with Crippen molar-refractivity contribution in [2.45, 2.75) is 0 Å². The second-order valence-electron chi connectivity index (χ2n) is 5.61. The van der Waals surface area contributed by atoms with Crippen molar-refractivity contribution in [3.8, 4) is 0 Å². The molecular weight excluding hydrogens is 256 g/mol. The fourth-order valence-corrected chi connectivity index (χ4v) is 3.56. The van der Waals surface area contributed by atoms with Gasteiger partial charge in [0.25, 0.3) is 0 Å². The van der Waals surface area contributed by atoms with Crippen molar-refractivity contribution in [2.24, 2.45) is 0 Å². The number of hydrogen-bond acceptors (Lipinski definition) is 1. The van der Waals surface area contributed by atoms with Crippen molar-refractivity contribution in [2.75, 3.05) is 0 Å². The number of aliphatic hydroxyl groups is 1. The summed E-state index contributed by atoms with van der Waals surface area (Å²) in [6.45, 7) is 0. The van der Waals surface area contributed by atoms with E-state index in [0.717, 1.165) is 21.9 Å². The minimum absolute atomic E-state index is 0.377. The lowest BCUT2D eigenvalue weighted by Gasteiger charge is -2.10. The van der Waals surface area contributed by atoms with Gasteiger partial charge in [-0.15, -0.1) is 0 Å². The summed E-state index contributed by atoms with van der Waals surface area (Å²) in [6, 6.07) is 21.1. The minimum atomic E-state index is 0.377. The Morgan fingerprint density at radius 1 is 0.667 bits per heavy atom. The van der Waals surface area contributed by atoms with Crippen LogP contribution in [-0.4, -0.2) is 5.11 Å². The van der Waals surface area contributed by atoms with Crippen LogP contribution in [-0.2, 0) is 0 Å². The van der Waals surface area contributed by atoms with Gasteiger partial charge in [0.15, 0.2) is 0 Å². The molecule has 1 heteroatoms. The summed E-state index contributed by atoms with van der Waals surface area (Å²) in [5, 5.41) is 17.5. The van der Waals surface area contributed by atoms with E-state index in [0.29, 0.717) is 5.76 Å². The zero-order valence-electron chi connectivity index (χ0n) is 11.3. The van der Waals surface area contributed by atoms with Gasteiger partial charge in [0.2, 0.25) is 0 Å². The van der Waals surface area contributed by atoms with Gasteiger partial charge in [0, 0.05) is 10.9 Å². The van der Waals surface area contributed by atoms with Crippen molar-refractivity contribution in [1.82, 2.24) is 0 Å². The fourth-order valence-electron chi connectivity index (χ4n) is 3.56. The summed E-state index contributed by atoms with van der Waals surface area (Å²) in [4.78, 5) is 0. The van der Waals surface area contributed by atoms with Crippen LogP contribution in [0, 0.1) is 0 Å². The Morgan fingerprint density at radius 3 is 2.48 bits per heavy atom. The lowest BCUT2D eigenvalue weighted by molar-refractivity contribution is 0.518. The van der Waals surface area contributed by atoms with E-state index >= 15 is 0 Å². The summed E-state index contributed by atoms with van der Waals surface area (Å²) >= 11 is 0. The molecule has 0 saturated heterocycles. The zero-order chi connectivity index (χ0) is 14.0. The highest BCUT2D eigenvalue weighted by atomic mass is 16.3. The number of fused-ring (bicyclic) bond motifs is 4. The van der Waals surface area contributed by atoms with Crippen LogP contribution >= 0.6 is 0 Å². The van der Waals surface area contributed by atoms with Crippen LogP contribution < -0.4 is 0 Å². The van der Waals surface area contributed by atoms with Crippen molar-refractivity contribution in [1.29, 1.82) is 0 Å². The summed E-state index contributed by atoms with van der Waals surface area (Å²) in [6.07, 6.45) is 1.87. The van der Waals surface area contributed by atoms with Gasteiger partial charge in [-0.05, 0) is 44.6 Å². The maximum absolute atomic E-state index is 10.4.